The first-order chi connectivity index (χ1) is 30.0. The van der Waals surface area contributed by atoms with Crippen LogP contribution in [0.25, 0.3) is 55.5 Å². The fourth-order valence-corrected chi connectivity index (χ4v) is 10.7. The summed E-state index contributed by atoms with van der Waals surface area (Å²) in [4.78, 5) is 4.74. The normalized spacial score (nSPS) is 15.8. The van der Waals surface area contributed by atoms with Gasteiger partial charge in [-0.25, -0.2) is 4.98 Å². The van der Waals surface area contributed by atoms with Gasteiger partial charge in [0.05, 0.1) is 18.1 Å². The monoisotopic (exact) mass is 995 g/mol. The van der Waals surface area contributed by atoms with Gasteiger partial charge in [-0.05, 0) is 73.5 Å². The number of fused-ring (bicyclic) bond motifs is 11. The van der Waals surface area contributed by atoms with Gasteiger partial charge in [-0.3, -0.25) is 0 Å². The van der Waals surface area contributed by atoms with Crippen molar-refractivity contribution in [2.24, 2.45) is 7.05 Å². The molecule has 1 atom stereocenters. The Balaban J connectivity index is 0.00000444. The Morgan fingerprint density at radius 1 is 0.651 bits per heavy atom. The van der Waals surface area contributed by atoms with Crippen molar-refractivity contribution in [3.63, 3.8) is 0 Å². The average molecular weight is 996 g/mol. The number of aromatic nitrogens is 4. The number of pyridine rings is 1. The van der Waals surface area contributed by atoms with Crippen molar-refractivity contribution in [2.45, 2.75) is 50.9 Å². The number of ether oxygens (including phenoxy) is 1. The number of imidazole rings is 1. The van der Waals surface area contributed by atoms with E-state index in [9.17, 15) is 0 Å². The molecule has 63 heavy (non-hydrogen) atoms. The van der Waals surface area contributed by atoms with Crippen molar-refractivity contribution in [3.05, 3.63) is 215 Å². The van der Waals surface area contributed by atoms with Gasteiger partial charge in [0, 0.05) is 55.1 Å². The molecule has 1 aliphatic heterocycles. The predicted octanol–water partition coefficient (Wildman–Crippen LogP) is 12.4. The second-order valence-electron chi connectivity index (χ2n) is 18.5. The van der Waals surface area contributed by atoms with Crippen molar-refractivity contribution in [1.82, 2.24) is 14.1 Å². The number of nitrogens with zero attached hydrogens (tertiary/aromatic N) is 4. The SMILES string of the molecule is C[n+]1[c-]n2c3c(cccc31)C1(c3ccc(Oc4[c-]c5c(cc4)c4ccccc4n5-c4ccccn4)[c-]c3-2)c2cc(C(C)(C)C)ccc2C(C)(C)c2cccc(-c3ccccc3)c21.[Pt]. The second-order valence-corrected chi connectivity index (χ2v) is 18.5. The molecule has 10 aromatic rings. The van der Waals surface area contributed by atoms with Crippen LogP contribution < -0.4 is 9.30 Å². The van der Waals surface area contributed by atoms with Crippen LogP contribution in [0.1, 0.15) is 73.6 Å². The van der Waals surface area contributed by atoms with E-state index in [-0.39, 0.29) is 31.9 Å². The van der Waals surface area contributed by atoms with Crippen LogP contribution in [-0.4, -0.2) is 14.1 Å². The van der Waals surface area contributed by atoms with Crippen LogP contribution in [0.3, 0.4) is 0 Å². The number of hydrogen-bond donors (Lipinski definition) is 0. The van der Waals surface area contributed by atoms with Gasteiger partial charge >= 0.3 is 0 Å². The standard InChI is InChI=1S/C57H44N4O.Pt/c1-55(2,3)37-25-29-43-47(32-37)57(53-40(36-16-8-7-9-17-36)19-14-20-45(53)56(43,4)5)44-30-27-39(34-51(44)60-35-59(6)49-23-15-21-46(57)54(49)60)62-38-26-28-42-41-18-10-11-22-48(41)61(50(42)33-38)52-24-12-13-31-58-52;/h7-32H,1-6H3;/q-2;. The fraction of sp³-hybridized carbons (Fsp3) is 0.158. The molecule has 7 aromatic carbocycles. The molecule has 6 heteroatoms. The number of rotatable bonds is 4. The van der Waals surface area contributed by atoms with Crippen molar-refractivity contribution >= 4 is 32.8 Å². The Morgan fingerprint density at radius 3 is 2.19 bits per heavy atom. The van der Waals surface area contributed by atoms with E-state index in [1.807, 2.05) is 30.5 Å². The molecule has 0 N–H and O–H groups in total. The van der Waals surface area contributed by atoms with E-state index in [0.717, 1.165) is 49.9 Å². The summed E-state index contributed by atoms with van der Waals surface area (Å²) in [5.41, 5.74) is 15.4. The minimum absolute atomic E-state index is 0. The molecular weight excluding hydrogens is 952 g/mol. The molecule has 1 aliphatic carbocycles. The van der Waals surface area contributed by atoms with E-state index >= 15 is 0 Å². The van der Waals surface area contributed by atoms with Crippen molar-refractivity contribution < 1.29 is 30.4 Å². The fourth-order valence-electron chi connectivity index (χ4n) is 10.7. The van der Waals surface area contributed by atoms with Crippen molar-refractivity contribution in [1.29, 1.82) is 0 Å². The number of para-hydroxylation sites is 2. The number of aryl methyl sites for hydroxylation is 1. The van der Waals surface area contributed by atoms with Gasteiger partial charge in [-0.2, -0.15) is 12.1 Å². The van der Waals surface area contributed by atoms with Gasteiger partial charge in [-0.15, -0.1) is 35.2 Å². The van der Waals surface area contributed by atoms with Gasteiger partial charge < -0.3 is 18.4 Å². The van der Waals surface area contributed by atoms with Crippen LogP contribution in [0.4, 0.5) is 0 Å². The Bertz CT molecular complexity index is 3470. The molecule has 0 amide bonds. The Kier molecular flexibility index (Phi) is 8.72. The molecule has 0 bridgehead atoms. The van der Waals surface area contributed by atoms with E-state index in [0.29, 0.717) is 11.5 Å². The third-order valence-corrected chi connectivity index (χ3v) is 13.6. The van der Waals surface area contributed by atoms with Gasteiger partial charge in [0.1, 0.15) is 5.82 Å². The molecule has 0 fully saturated rings. The maximum atomic E-state index is 6.86. The third-order valence-electron chi connectivity index (χ3n) is 13.6. The molecule has 12 rings (SSSR count). The summed E-state index contributed by atoms with van der Waals surface area (Å²) < 4.78 is 13.3. The first kappa shape index (κ1) is 39.3. The quantitative estimate of drug-likeness (QED) is 0.130. The molecule has 0 saturated carbocycles. The summed E-state index contributed by atoms with van der Waals surface area (Å²) >= 11 is 0. The molecular formula is C57H44N4OPt-2. The Hall–Kier alpha value is -6.55. The first-order valence-corrected chi connectivity index (χ1v) is 21.5. The molecule has 5 nitrogen and oxygen atoms in total. The zero-order chi connectivity index (χ0) is 42.1. The largest absolute Gasteiger partial charge is 0.510 e. The summed E-state index contributed by atoms with van der Waals surface area (Å²) in [5.74, 6) is 2.03. The maximum Gasteiger partial charge on any atom is 0.242 e. The molecule has 0 saturated heterocycles. The van der Waals surface area contributed by atoms with Crippen LogP contribution in [0.5, 0.6) is 11.5 Å². The summed E-state index contributed by atoms with van der Waals surface area (Å²) in [6.45, 7) is 11.7. The Morgan fingerprint density at radius 2 is 1.38 bits per heavy atom. The van der Waals surface area contributed by atoms with E-state index < -0.39 is 5.41 Å². The topological polar surface area (TPSA) is 35.9 Å². The van der Waals surface area contributed by atoms with E-state index in [1.54, 1.807) is 0 Å². The molecule has 310 valence electrons. The summed E-state index contributed by atoms with van der Waals surface area (Å²) in [6, 6.07) is 62.4. The van der Waals surface area contributed by atoms with Crippen LogP contribution in [-0.2, 0) is 44.4 Å². The molecule has 0 radical (unpaired) electrons. The van der Waals surface area contributed by atoms with Gasteiger partial charge in [0.25, 0.3) is 0 Å². The molecule has 2 aliphatic rings. The van der Waals surface area contributed by atoms with Crippen LogP contribution in [0, 0.1) is 18.5 Å². The summed E-state index contributed by atoms with van der Waals surface area (Å²) in [5, 5.41) is 2.23. The van der Waals surface area contributed by atoms with Crippen LogP contribution in [0.2, 0.25) is 0 Å². The zero-order valence-electron chi connectivity index (χ0n) is 36.0. The third kappa shape index (κ3) is 5.52. The maximum absolute atomic E-state index is 6.86. The summed E-state index contributed by atoms with van der Waals surface area (Å²) in [6.07, 6.45) is 5.53. The number of hydrogen-bond acceptors (Lipinski definition) is 2. The first-order valence-electron chi connectivity index (χ1n) is 21.5. The van der Waals surface area contributed by atoms with E-state index in [2.05, 4.69) is 201 Å². The zero-order valence-corrected chi connectivity index (χ0v) is 38.3. The Labute approximate surface area is 382 Å². The number of benzene rings is 7. The smallest absolute Gasteiger partial charge is 0.242 e. The molecule has 1 unspecified atom stereocenters. The van der Waals surface area contributed by atoms with Gasteiger partial charge in [-0.1, -0.05) is 155 Å². The van der Waals surface area contributed by atoms with E-state index in [4.69, 9.17) is 9.72 Å². The van der Waals surface area contributed by atoms with Crippen molar-refractivity contribution in [3.8, 4) is 34.1 Å². The van der Waals surface area contributed by atoms with Gasteiger partial charge in [0.15, 0.2) is 0 Å². The van der Waals surface area contributed by atoms with Gasteiger partial charge in [0.2, 0.25) is 6.33 Å². The minimum atomic E-state index is -0.721. The van der Waals surface area contributed by atoms with Crippen LogP contribution >= 0.6 is 0 Å². The van der Waals surface area contributed by atoms with Crippen LogP contribution in [0.15, 0.2) is 158 Å². The second kappa shape index (κ2) is 14.0. The summed E-state index contributed by atoms with van der Waals surface area (Å²) in [7, 11) is 2.09. The molecule has 3 aromatic heterocycles. The average Bonchev–Trinajstić information content (AvgIpc) is 3.81. The van der Waals surface area contributed by atoms with Crippen molar-refractivity contribution in [2.75, 3.05) is 0 Å². The minimum Gasteiger partial charge on any atom is -0.510 e. The van der Waals surface area contributed by atoms with E-state index in [1.165, 1.54) is 44.5 Å². The molecule has 1 spiro atoms. The molecule has 4 heterocycles. The predicted molar refractivity (Wildman–Crippen MR) is 248 cm³/mol.